The fourth-order valence-corrected chi connectivity index (χ4v) is 5.06. The number of halogens is 1. The fourth-order valence-electron chi connectivity index (χ4n) is 4.70. The van der Waals surface area contributed by atoms with Gasteiger partial charge >= 0.3 is 0 Å². The van der Waals surface area contributed by atoms with Crippen LogP contribution in [0.1, 0.15) is 0 Å². The van der Waals surface area contributed by atoms with E-state index in [2.05, 4.69) is 112 Å². The van der Waals surface area contributed by atoms with Crippen LogP contribution >= 0.6 is 15.9 Å². The number of benzene rings is 4. The molecule has 4 aromatic rings. The molecule has 27 heavy (non-hydrogen) atoms. The van der Waals surface area contributed by atoms with Crippen LogP contribution in [0.4, 0.5) is 17.1 Å². The van der Waals surface area contributed by atoms with Gasteiger partial charge in [-0.15, -0.1) is 0 Å². The van der Waals surface area contributed by atoms with E-state index in [1.165, 1.54) is 44.6 Å². The van der Waals surface area contributed by atoms with E-state index in [0.29, 0.717) is 6.71 Å². The predicted octanol–water partition coefficient (Wildman–Crippen LogP) is 4.73. The van der Waals surface area contributed by atoms with Gasteiger partial charge in [0.2, 0.25) is 6.71 Å². The van der Waals surface area contributed by atoms with Gasteiger partial charge in [-0.25, -0.2) is 0 Å². The van der Waals surface area contributed by atoms with Crippen LogP contribution in [0.3, 0.4) is 0 Å². The summed E-state index contributed by atoms with van der Waals surface area (Å²) in [6.07, 6.45) is 0. The molecule has 3 heteroatoms. The van der Waals surface area contributed by atoms with Gasteiger partial charge in [0.1, 0.15) is 0 Å². The molecule has 0 atom stereocenters. The fraction of sp³-hybridized carbons (Fsp3) is 0. The first-order valence-corrected chi connectivity index (χ1v) is 9.99. The zero-order valence-corrected chi connectivity index (χ0v) is 16.1. The van der Waals surface area contributed by atoms with E-state index in [4.69, 9.17) is 0 Å². The van der Waals surface area contributed by atoms with Gasteiger partial charge in [0.15, 0.2) is 0 Å². The maximum Gasteiger partial charge on any atom is 0.248 e. The summed E-state index contributed by atoms with van der Waals surface area (Å²) in [6, 6.07) is 32.9. The van der Waals surface area contributed by atoms with Crippen LogP contribution < -0.4 is 21.3 Å². The van der Waals surface area contributed by atoms with Crippen molar-refractivity contribution in [2.45, 2.75) is 0 Å². The molecule has 0 radical (unpaired) electrons. The highest BCUT2D eigenvalue weighted by Gasteiger charge is 2.41. The minimum Gasteiger partial charge on any atom is -0.312 e. The number of hydrogen-bond acceptors (Lipinski definition) is 1. The molecular weight excluding hydrogens is 393 g/mol. The van der Waals surface area contributed by atoms with Gasteiger partial charge in [-0.2, -0.15) is 0 Å². The second-order valence-corrected chi connectivity index (χ2v) is 8.05. The first-order valence-electron chi connectivity index (χ1n) is 9.20. The molecular formula is C24H15BBrN. The highest BCUT2D eigenvalue weighted by Crippen LogP contribution is 2.40. The van der Waals surface area contributed by atoms with E-state index < -0.39 is 0 Å². The van der Waals surface area contributed by atoms with Crippen LogP contribution in [0.2, 0.25) is 0 Å². The lowest BCUT2D eigenvalue weighted by Crippen LogP contribution is -2.54. The molecule has 0 saturated carbocycles. The van der Waals surface area contributed by atoms with Gasteiger partial charge in [0.25, 0.3) is 0 Å². The quantitative estimate of drug-likeness (QED) is 0.356. The summed E-state index contributed by atoms with van der Waals surface area (Å²) in [4.78, 5) is 2.41. The monoisotopic (exact) mass is 407 g/mol. The Balaban J connectivity index is 1.72. The minimum atomic E-state index is 0.301. The molecule has 0 saturated heterocycles. The predicted molar refractivity (Wildman–Crippen MR) is 119 cm³/mol. The Bertz CT molecular complexity index is 1200. The van der Waals surface area contributed by atoms with Crippen molar-refractivity contribution >= 4 is 56.1 Å². The third-order valence-corrected chi connectivity index (χ3v) is 6.23. The highest BCUT2D eigenvalue weighted by atomic mass is 79.9. The van der Waals surface area contributed by atoms with Crippen molar-refractivity contribution in [3.63, 3.8) is 0 Å². The van der Waals surface area contributed by atoms with E-state index in [0.717, 1.165) is 4.47 Å². The van der Waals surface area contributed by atoms with E-state index in [1.54, 1.807) is 0 Å². The van der Waals surface area contributed by atoms with Gasteiger partial charge in [-0.05, 0) is 58.5 Å². The SMILES string of the molecule is Brc1ccc2c(c1)-c1cccc3c1B2c1ccccc1N3c1ccccc1. The van der Waals surface area contributed by atoms with Gasteiger partial charge in [-0.3, -0.25) is 0 Å². The molecule has 126 valence electrons. The second-order valence-electron chi connectivity index (χ2n) is 7.13. The number of nitrogens with zero attached hydrogens (tertiary/aromatic N) is 1. The average Bonchev–Trinajstić information content (AvgIpc) is 3.04. The molecule has 2 heterocycles. The average molecular weight is 408 g/mol. The molecule has 0 aromatic heterocycles. The van der Waals surface area contributed by atoms with Crippen molar-refractivity contribution in [3.05, 3.63) is 95.5 Å². The molecule has 0 N–H and O–H groups in total. The van der Waals surface area contributed by atoms with E-state index in [9.17, 15) is 0 Å². The Kier molecular flexibility index (Phi) is 3.18. The summed E-state index contributed by atoms with van der Waals surface area (Å²) in [5.41, 5.74) is 10.7. The van der Waals surface area contributed by atoms with Crippen molar-refractivity contribution in [1.82, 2.24) is 0 Å². The smallest absolute Gasteiger partial charge is 0.248 e. The topological polar surface area (TPSA) is 3.24 Å². The minimum absolute atomic E-state index is 0.301. The van der Waals surface area contributed by atoms with Crippen LogP contribution in [0.15, 0.2) is 95.5 Å². The lowest BCUT2D eigenvalue weighted by Gasteiger charge is -2.35. The number of rotatable bonds is 1. The second kappa shape index (κ2) is 5.61. The Morgan fingerprint density at radius 2 is 1.41 bits per heavy atom. The molecule has 2 aliphatic rings. The van der Waals surface area contributed by atoms with Gasteiger partial charge in [0, 0.05) is 21.5 Å². The zero-order chi connectivity index (χ0) is 18.0. The van der Waals surface area contributed by atoms with Crippen LogP contribution in [0, 0.1) is 0 Å². The first kappa shape index (κ1) is 15.3. The van der Waals surface area contributed by atoms with Crippen LogP contribution in [0.25, 0.3) is 11.1 Å². The molecule has 4 aromatic carbocycles. The van der Waals surface area contributed by atoms with Crippen molar-refractivity contribution in [2.24, 2.45) is 0 Å². The normalized spacial score (nSPS) is 13.2. The van der Waals surface area contributed by atoms with Crippen LogP contribution in [-0.2, 0) is 0 Å². The summed E-state index contributed by atoms with van der Waals surface area (Å²) < 4.78 is 1.13. The molecule has 0 unspecified atom stereocenters. The largest absolute Gasteiger partial charge is 0.312 e. The third-order valence-electron chi connectivity index (χ3n) is 5.73. The molecule has 1 nitrogen and oxygen atoms in total. The summed E-state index contributed by atoms with van der Waals surface area (Å²) in [6.45, 7) is 0.301. The van der Waals surface area contributed by atoms with Gasteiger partial charge in [0.05, 0.1) is 0 Å². The van der Waals surface area contributed by atoms with Crippen molar-refractivity contribution in [3.8, 4) is 11.1 Å². The number of para-hydroxylation sites is 2. The molecule has 0 bridgehead atoms. The lowest BCUT2D eigenvalue weighted by molar-refractivity contribution is 1.30. The molecule has 0 spiro atoms. The van der Waals surface area contributed by atoms with E-state index in [-0.39, 0.29) is 0 Å². The van der Waals surface area contributed by atoms with Gasteiger partial charge < -0.3 is 4.90 Å². The lowest BCUT2D eigenvalue weighted by atomic mass is 9.37. The van der Waals surface area contributed by atoms with Crippen LogP contribution in [0.5, 0.6) is 0 Å². The number of fused-ring (bicyclic) bond motifs is 5. The Morgan fingerprint density at radius 1 is 0.630 bits per heavy atom. The maximum atomic E-state index is 3.66. The van der Waals surface area contributed by atoms with Gasteiger partial charge in [-0.1, -0.05) is 76.0 Å². The molecule has 2 aliphatic heterocycles. The Hall–Kier alpha value is -2.78. The third kappa shape index (κ3) is 2.06. The van der Waals surface area contributed by atoms with Crippen molar-refractivity contribution in [1.29, 1.82) is 0 Å². The summed E-state index contributed by atoms with van der Waals surface area (Å²) in [5, 5.41) is 0. The summed E-state index contributed by atoms with van der Waals surface area (Å²) in [5.74, 6) is 0. The van der Waals surface area contributed by atoms with Crippen molar-refractivity contribution < 1.29 is 0 Å². The number of anilines is 3. The maximum absolute atomic E-state index is 3.66. The zero-order valence-electron chi connectivity index (χ0n) is 14.6. The molecule has 6 rings (SSSR count). The highest BCUT2D eigenvalue weighted by molar-refractivity contribution is 9.10. The Labute approximate surface area is 167 Å². The van der Waals surface area contributed by atoms with E-state index >= 15 is 0 Å². The molecule has 0 fully saturated rings. The molecule has 0 amide bonds. The Morgan fingerprint density at radius 3 is 2.30 bits per heavy atom. The standard InChI is InChI=1S/C24H15BBrN/c26-16-13-14-20-19(15-16)18-9-6-12-23-24(18)25(20)21-10-4-5-11-22(21)27(23)17-7-2-1-3-8-17/h1-15H. The summed E-state index contributed by atoms with van der Waals surface area (Å²) >= 11 is 3.66. The number of hydrogen-bond donors (Lipinski definition) is 0. The van der Waals surface area contributed by atoms with E-state index in [1.807, 2.05) is 0 Å². The molecule has 0 aliphatic carbocycles. The van der Waals surface area contributed by atoms with Crippen molar-refractivity contribution in [2.75, 3.05) is 4.90 Å². The first-order chi connectivity index (χ1) is 13.3. The van der Waals surface area contributed by atoms with Crippen LogP contribution in [-0.4, -0.2) is 6.71 Å². The summed E-state index contributed by atoms with van der Waals surface area (Å²) in [7, 11) is 0.